The summed E-state index contributed by atoms with van der Waals surface area (Å²) in [5.41, 5.74) is -0.678. The summed E-state index contributed by atoms with van der Waals surface area (Å²) >= 11 is 0. The zero-order valence-electron chi connectivity index (χ0n) is 10.9. The molecule has 6 heteroatoms. The number of aliphatic hydroxyl groups is 1. The van der Waals surface area contributed by atoms with E-state index in [1.165, 1.54) is 33.0 Å². The van der Waals surface area contributed by atoms with Gasteiger partial charge in [0, 0.05) is 13.6 Å². The van der Waals surface area contributed by atoms with Gasteiger partial charge in [0.2, 0.25) is 10.0 Å². The molecular formula is C12H18FNO3S. The highest BCUT2D eigenvalue weighted by Crippen LogP contribution is 2.21. The van der Waals surface area contributed by atoms with Crippen LogP contribution in [0.4, 0.5) is 4.39 Å². The molecule has 1 N–H and O–H groups in total. The Labute approximate surface area is 107 Å². The third-order valence-electron chi connectivity index (χ3n) is 2.45. The van der Waals surface area contributed by atoms with E-state index >= 15 is 0 Å². The van der Waals surface area contributed by atoms with Crippen molar-refractivity contribution >= 4 is 10.0 Å². The van der Waals surface area contributed by atoms with Crippen LogP contribution in [0.2, 0.25) is 0 Å². The predicted octanol–water partition coefficient (Wildman–Crippen LogP) is 1.53. The molecule has 1 aromatic carbocycles. The Kier molecular flexibility index (Phi) is 4.15. The summed E-state index contributed by atoms with van der Waals surface area (Å²) in [6, 6.07) is 3.62. The fourth-order valence-electron chi connectivity index (χ4n) is 1.65. The molecule has 102 valence electrons. The lowest BCUT2D eigenvalue weighted by molar-refractivity contribution is 0.0640. The van der Waals surface area contributed by atoms with Gasteiger partial charge in [0.15, 0.2) is 0 Å². The standard InChI is InChI=1S/C12H18FNO3S/c1-9-5-6-10(13)7-11(9)18(16,17)14(4)8-12(2,3)15/h5-7,15H,8H2,1-4H3. The van der Waals surface area contributed by atoms with Gasteiger partial charge < -0.3 is 5.11 Å². The summed E-state index contributed by atoms with van der Waals surface area (Å²) in [5, 5.41) is 9.64. The molecule has 1 aromatic rings. The monoisotopic (exact) mass is 275 g/mol. The molecule has 0 atom stereocenters. The summed E-state index contributed by atoms with van der Waals surface area (Å²) in [6.07, 6.45) is 0. The van der Waals surface area contributed by atoms with Gasteiger partial charge in [0.05, 0.1) is 10.5 Å². The first-order chi connectivity index (χ1) is 8.04. The number of likely N-dealkylation sites (N-methyl/N-ethyl adjacent to an activating group) is 1. The summed E-state index contributed by atoms with van der Waals surface area (Å²) in [5.74, 6) is -0.601. The van der Waals surface area contributed by atoms with Crippen LogP contribution < -0.4 is 0 Å². The number of benzene rings is 1. The van der Waals surface area contributed by atoms with Crippen molar-refractivity contribution in [3.8, 4) is 0 Å². The van der Waals surface area contributed by atoms with Crippen molar-refractivity contribution in [2.75, 3.05) is 13.6 Å². The van der Waals surface area contributed by atoms with Crippen LogP contribution in [0.15, 0.2) is 23.1 Å². The molecule has 0 fully saturated rings. The zero-order valence-corrected chi connectivity index (χ0v) is 11.8. The lowest BCUT2D eigenvalue weighted by Crippen LogP contribution is -2.39. The molecule has 0 aliphatic heterocycles. The molecule has 0 aromatic heterocycles. The van der Waals surface area contributed by atoms with Crippen LogP contribution >= 0.6 is 0 Å². The van der Waals surface area contributed by atoms with E-state index in [0.717, 1.165) is 10.4 Å². The molecule has 0 bridgehead atoms. The quantitative estimate of drug-likeness (QED) is 0.906. The predicted molar refractivity (Wildman–Crippen MR) is 67.3 cm³/mol. The molecular weight excluding hydrogens is 257 g/mol. The highest BCUT2D eigenvalue weighted by Gasteiger charge is 2.27. The minimum Gasteiger partial charge on any atom is -0.389 e. The number of rotatable bonds is 4. The average Bonchev–Trinajstić information content (AvgIpc) is 2.19. The van der Waals surface area contributed by atoms with Gasteiger partial charge in [-0.15, -0.1) is 0 Å². The van der Waals surface area contributed by atoms with E-state index in [2.05, 4.69) is 0 Å². The van der Waals surface area contributed by atoms with Crippen molar-refractivity contribution in [2.45, 2.75) is 31.3 Å². The first-order valence-electron chi connectivity index (χ1n) is 5.49. The Morgan fingerprint density at radius 2 is 1.94 bits per heavy atom. The fourth-order valence-corrected chi connectivity index (χ4v) is 3.21. The third-order valence-corrected chi connectivity index (χ3v) is 4.39. The number of sulfonamides is 1. The smallest absolute Gasteiger partial charge is 0.243 e. The molecule has 0 spiro atoms. The SMILES string of the molecule is Cc1ccc(F)cc1S(=O)(=O)N(C)CC(C)(C)O. The lowest BCUT2D eigenvalue weighted by atomic mass is 10.1. The number of nitrogens with zero attached hydrogens (tertiary/aromatic N) is 1. The molecule has 0 heterocycles. The summed E-state index contributed by atoms with van der Waals surface area (Å²) in [7, 11) is -2.43. The summed E-state index contributed by atoms with van der Waals surface area (Å²) in [6.45, 7) is 4.56. The summed E-state index contributed by atoms with van der Waals surface area (Å²) in [4.78, 5) is -0.0748. The highest BCUT2D eigenvalue weighted by atomic mass is 32.2. The van der Waals surface area contributed by atoms with Gasteiger partial charge in [-0.25, -0.2) is 12.8 Å². The van der Waals surface area contributed by atoms with Gasteiger partial charge >= 0.3 is 0 Å². The largest absolute Gasteiger partial charge is 0.389 e. The van der Waals surface area contributed by atoms with Crippen molar-refractivity contribution in [1.29, 1.82) is 0 Å². The molecule has 0 saturated carbocycles. The highest BCUT2D eigenvalue weighted by molar-refractivity contribution is 7.89. The van der Waals surface area contributed by atoms with Crippen molar-refractivity contribution in [2.24, 2.45) is 0 Å². The van der Waals surface area contributed by atoms with E-state index in [1.54, 1.807) is 6.92 Å². The van der Waals surface area contributed by atoms with E-state index in [4.69, 9.17) is 0 Å². The Bertz CT molecular complexity index is 535. The second kappa shape index (κ2) is 4.95. The molecule has 0 unspecified atom stereocenters. The minimum absolute atomic E-state index is 0.0642. The van der Waals surface area contributed by atoms with Gasteiger partial charge in [-0.1, -0.05) is 6.07 Å². The maximum atomic E-state index is 13.1. The number of aryl methyl sites for hydroxylation is 1. The van der Waals surface area contributed by atoms with Crippen molar-refractivity contribution in [1.82, 2.24) is 4.31 Å². The van der Waals surface area contributed by atoms with E-state index < -0.39 is 21.4 Å². The first-order valence-corrected chi connectivity index (χ1v) is 6.93. The van der Waals surface area contributed by atoms with Crippen molar-refractivity contribution in [3.63, 3.8) is 0 Å². The number of hydrogen-bond donors (Lipinski definition) is 1. The molecule has 0 aliphatic carbocycles. The van der Waals surface area contributed by atoms with E-state index in [9.17, 15) is 17.9 Å². The van der Waals surface area contributed by atoms with Crippen molar-refractivity contribution < 1.29 is 17.9 Å². The minimum atomic E-state index is -3.79. The van der Waals surface area contributed by atoms with Gasteiger partial charge in [-0.05, 0) is 38.5 Å². The molecule has 0 aliphatic rings. The third kappa shape index (κ3) is 3.51. The van der Waals surface area contributed by atoms with Gasteiger partial charge in [0.1, 0.15) is 5.82 Å². The zero-order chi connectivity index (χ0) is 14.1. The van der Waals surface area contributed by atoms with Gasteiger partial charge in [0.25, 0.3) is 0 Å². The van der Waals surface area contributed by atoms with Crippen LogP contribution in [-0.2, 0) is 10.0 Å². The molecule has 0 saturated heterocycles. The summed E-state index contributed by atoms with van der Waals surface area (Å²) < 4.78 is 38.6. The molecule has 18 heavy (non-hydrogen) atoms. The Balaban J connectivity index is 3.17. The van der Waals surface area contributed by atoms with Gasteiger partial charge in [-0.2, -0.15) is 4.31 Å². The molecule has 4 nitrogen and oxygen atoms in total. The van der Waals surface area contributed by atoms with Crippen LogP contribution in [0, 0.1) is 12.7 Å². The molecule has 0 amide bonds. The molecule has 1 rings (SSSR count). The molecule has 0 radical (unpaired) electrons. The number of halogens is 1. The Hall–Kier alpha value is -0.980. The lowest BCUT2D eigenvalue weighted by Gasteiger charge is -2.25. The van der Waals surface area contributed by atoms with Crippen LogP contribution in [-0.4, -0.2) is 37.0 Å². The van der Waals surface area contributed by atoms with Gasteiger partial charge in [-0.3, -0.25) is 0 Å². The van der Waals surface area contributed by atoms with Crippen LogP contribution in [0.1, 0.15) is 19.4 Å². The second-order valence-electron chi connectivity index (χ2n) is 4.98. The fraction of sp³-hybridized carbons (Fsp3) is 0.500. The second-order valence-corrected chi connectivity index (χ2v) is 7.00. The average molecular weight is 275 g/mol. The normalized spacial score (nSPS) is 13.1. The Morgan fingerprint density at radius 3 is 2.44 bits per heavy atom. The maximum Gasteiger partial charge on any atom is 0.243 e. The van der Waals surface area contributed by atoms with Crippen molar-refractivity contribution in [3.05, 3.63) is 29.6 Å². The van der Waals surface area contributed by atoms with E-state index in [1.807, 2.05) is 0 Å². The topological polar surface area (TPSA) is 57.6 Å². The van der Waals surface area contributed by atoms with Crippen LogP contribution in [0.25, 0.3) is 0 Å². The van der Waals surface area contributed by atoms with Crippen LogP contribution in [0.5, 0.6) is 0 Å². The Morgan fingerprint density at radius 1 is 1.39 bits per heavy atom. The van der Waals surface area contributed by atoms with Crippen LogP contribution in [0.3, 0.4) is 0 Å². The first kappa shape index (κ1) is 15.1. The maximum absolute atomic E-state index is 13.1. The van der Waals surface area contributed by atoms with E-state index in [0.29, 0.717) is 5.56 Å². The van der Waals surface area contributed by atoms with E-state index in [-0.39, 0.29) is 11.4 Å². The number of hydrogen-bond acceptors (Lipinski definition) is 3.